The van der Waals surface area contributed by atoms with Gasteiger partial charge in [-0.25, -0.2) is 0 Å². The Morgan fingerprint density at radius 2 is 1.67 bits per heavy atom. The van der Waals surface area contributed by atoms with E-state index in [4.69, 9.17) is 21.1 Å². The highest BCUT2D eigenvalue weighted by atomic mass is 35.5. The number of hydrogen-bond donors (Lipinski definition) is 0. The normalized spacial score (nSPS) is 22.3. The fraction of sp³-hybridized carbons (Fsp3) is 0.214. The predicted octanol–water partition coefficient (Wildman–Crippen LogP) is 6.20. The van der Waals surface area contributed by atoms with Gasteiger partial charge in [-0.2, -0.15) is 0 Å². The van der Waals surface area contributed by atoms with Crippen LogP contribution >= 0.6 is 11.6 Å². The van der Waals surface area contributed by atoms with Gasteiger partial charge in [-0.05, 0) is 28.8 Å². The summed E-state index contributed by atoms with van der Waals surface area (Å²) >= 11 is 6.10. The minimum absolute atomic E-state index is 0.0906. The molecule has 3 atom stereocenters. The minimum atomic E-state index is -1.07. The summed E-state index contributed by atoms with van der Waals surface area (Å²) in [6.07, 6.45) is 2.59. The lowest BCUT2D eigenvalue weighted by Gasteiger charge is -2.43. The molecule has 0 saturated carbocycles. The van der Waals surface area contributed by atoms with Crippen LogP contribution in [0.5, 0.6) is 0 Å². The summed E-state index contributed by atoms with van der Waals surface area (Å²) in [4.78, 5) is 26.5. The Kier molecular flexibility index (Phi) is 6.95. The molecule has 3 aromatic rings. The summed E-state index contributed by atoms with van der Waals surface area (Å²) in [5.74, 6) is -2.70. The number of hydrogen-bond acceptors (Lipinski definition) is 4. The van der Waals surface area contributed by atoms with Crippen molar-refractivity contribution in [2.24, 2.45) is 5.92 Å². The summed E-state index contributed by atoms with van der Waals surface area (Å²) < 4.78 is 11.6. The van der Waals surface area contributed by atoms with E-state index < -0.39 is 29.4 Å². The van der Waals surface area contributed by atoms with Gasteiger partial charge in [-0.3, -0.25) is 9.59 Å². The molecule has 0 aliphatic carbocycles. The van der Waals surface area contributed by atoms with Crippen molar-refractivity contribution < 1.29 is 19.1 Å². The van der Waals surface area contributed by atoms with Gasteiger partial charge in [0.05, 0.1) is 0 Å². The summed E-state index contributed by atoms with van der Waals surface area (Å²) in [7, 11) is 0. The van der Waals surface area contributed by atoms with Crippen LogP contribution in [0.2, 0.25) is 5.02 Å². The molecule has 0 amide bonds. The number of benzene rings is 3. The Bertz CT molecular complexity index is 1110. The van der Waals surface area contributed by atoms with Crippen LogP contribution < -0.4 is 0 Å². The second-order valence-corrected chi connectivity index (χ2v) is 8.64. The number of halogens is 1. The first-order valence-corrected chi connectivity index (χ1v) is 11.3. The van der Waals surface area contributed by atoms with E-state index in [9.17, 15) is 9.59 Å². The van der Waals surface area contributed by atoms with E-state index in [-0.39, 0.29) is 6.61 Å². The van der Waals surface area contributed by atoms with E-state index in [0.717, 1.165) is 16.7 Å². The van der Waals surface area contributed by atoms with Crippen LogP contribution in [0.4, 0.5) is 0 Å². The van der Waals surface area contributed by atoms with Crippen LogP contribution in [-0.4, -0.2) is 11.9 Å². The first-order valence-electron chi connectivity index (χ1n) is 10.9. The average Bonchev–Trinajstić information content (AvgIpc) is 2.84. The number of rotatable bonds is 7. The lowest BCUT2D eigenvalue weighted by molar-refractivity contribution is -0.186. The van der Waals surface area contributed by atoms with Crippen molar-refractivity contribution >= 4 is 23.5 Å². The van der Waals surface area contributed by atoms with E-state index >= 15 is 0 Å². The molecule has 33 heavy (non-hydrogen) atoms. The fourth-order valence-corrected chi connectivity index (χ4v) is 4.55. The summed E-state index contributed by atoms with van der Waals surface area (Å²) in [6, 6.07) is 26.2. The molecule has 1 aliphatic heterocycles. The third-order valence-electron chi connectivity index (χ3n) is 6.05. The molecule has 0 aromatic heterocycles. The van der Waals surface area contributed by atoms with Gasteiger partial charge in [0.2, 0.25) is 0 Å². The lowest BCUT2D eigenvalue weighted by atomic mass is 9.72. The lowest BCUT2D eigenvalue weighted by Crippen LogP contribution is -2.47. The van der Waals surface area contributed by atoms with Crippen LogP contribution in [0.3, 0.4) is 0 Å². The van der Waals surface area contributed by atoms with Crippen molar-refractivity contribution in [1.82, 2.24) is 0 Å². The maximum Gasteiger partial charge on any atom is 0.321 e. The molecule has 1 aliphatic rings. The number of ether oxygens (including phenoxy) is 2. The second kappa shape index (κ2) is 10.1. The van der Waals surface area contributed by atoms with E-state index in [1.54, 1.807) is 18.2 Å². The van der Waals surface area contributed by atoms with Gasteiger partial charge < -0.3 is 9.47 Å². The van der Waals surface area contributed by atoms with Crippen LogP contribution in [-0.2, 0) is 31.3 Å². The summed E-state index contributed by atoms with van der Waals surface area (Å²) in [6.45, 7) is 3.97. The molecule has 1 saturated heterocycles. The SMILES string of the molecule is C=CC[C@@]1(c2ccccc2)C[C@H](c2ccc(Cl)cc2)[C@@H](C(=O)OCc2ccccc2)C(=O)O1. The zero-order valence-electron chi connectivity index (χ0n) is 18.2. The van der Waals surface area contributed by atoms with Crippen LogP contribution in [0, 0.1) is 5.92 Å². The van der Waals surface area contributed by atoms with Gasteiger partial charge >= 0.3 is 11.9 Å². The van der Waals surface area contributed by atoms with Gasteiger partial charge in [-0.1, -0.05) is 90.5 Å². The minimum Gasteiger partial charge on any atom is -0.460 e. The fourth-order valence-electron chi connectivity index (χ4n) is 4.43. The predicted molar refractivity (Wildman–Crippen MR) is 128 cm³/mol. The average molecular weight is 461 g/mol. The van der Waals surface area contributed by atoms with Crippen molar-refractivity contribution in [3.05, 3.63) is 119 Å². The van der Waals surface area contributed by atoms with Gasteiger partial charge in [-0.15, -0.1) is 6.58 Å². The molecule has 0 unspecified atom stereocenters. The summed E-state index contributed by atoms with van der Waals surface area (Å²) in [5, 5.41) is 0.584. The van der Waals surface area contributed by atoms with Gasteiger partial charge in [0.1, 0.15) is 12.2 Å². The van der Waals surface area contributed by atoms with Gasteiger partial charge in [0.25, 0.3) is 0 Å². The Labute approximate surface area is 198 Å². The number of carbonyl (C=O) groups excluding carboxylic acids is 2. The maximum absolute atomic E-state index is 13.4. The Morgan fingerprint density at radius 1 is 1.03 bits per heavy atom. The van der Waals surface area contributed by atoms with Crippen LogP contribution in [0.15, 0.2) is 97.6 Å². The molecule has 0 N–H and O–H groups in total. The first-order chi connectivity index (χ1) is 16.0. The molecule has 3 aromatic carbocycles. The van der Waals surface area contributed by atoms with Crippen molar-refractivity contribution in [1.29, 1.82) is 0 Å². The van der Waals surface area contributed by atoms with Gasteiger partial charge in [0, 0.05) is 23.8 Å². The Morgan fingerprint density at radius 3 is 2.30 bits per heavy atom. The standard InChI is InChI=1S/C28H25ClO4/c1-2-17-28(22-11-7-4-8-12-22)18-24(21-13-15-23(29)16-14-21)25(27(31)33-28)26(30)32-19-20-9-5-3-6-10-20/h2-16,24-25H,1,17-19H2/t24-,25+,28+/m1/s1. The number of esters is 2. The smallest absolute Gasteiger partial charge is 0.321 e. The summed E-state index contributed by atoms with van der Waals surface area (Å²) in [5.41, 5.74) is 1.64. The Hall–Kier alpha value is -3.37. The van der Waals surface area contributed by atoms with Gasteiger partial charge in [0.15, 0.2) is 5.92 Å². The second-order valence-electron chi connectivity index (χ2n) is 8.21. The zero-order chi connectivity index (χ0) is 23.3. The quantitative estimate of drug-likeness (QED) is 0.239. The highest BCUT2D eigenvalue weighted by Gasteiger charge is 2.51. The molecule has 0 spiro atoms. The van der Waals surface area contributed by atoms with Crippen molar-refractivity contribution in [2.45, 2.75) is 31.0 Å². The van der Waals surface area contributed by atoms with Crippen LogP contribution in [0.25, 0.3) is 0 Å². The molecular formula is C28H25ClO4. The third-order valence-corrected chi connectivity index (χ3v) is 6.30. The molecule has 0 bridgehead atoms. The number of cyclic esters (lactones) is 1. The third kappa shape index (κ3) is 5.01. The van der Waals surface area contributed by atoms with E-state index in [1.807, 2.05) is 72.8 Å². The topological polar surface area (TPSA) is 52.6 Å². The van der Waals surface area contributed by atoms with Crippen LogP contribution in [0.1, 0.15) is 35.4 Å². The molecule has 1 heterocycles. The largest absolute Gasteiger partial charge is 0.460 e. The zero-order valence-corrected chi connectivity index (χ0v) is 18.9. The highest BCUT2D eigenvalue weighted by Crippen LogP contribution is 2.48. The molecule has 4 nitrogen and oxygen atoms in total. The maximum atomic E-state index is 13.4. The van der Waals surface area contributed by atoms with Crippen molar-refractivity contribution in [3.63, 3.8) is 0 Å². The first kappa shape index (κ1) is 22.8. The molecule has 4 rings (SSSR count). The molecule has 5 heteroatoms. The molecule has 1 fully saturated rings. The molecule has 0 radical (unpaired) electrons. The van der Waals surface area contributed by atoms with E-state index in [0.29, 0.717) is 17.9 Å². The van der Waals surface area contributed by atoms with E-state index in [2.05, 4.69) is 6.58 Å². The van der Waals surface area contributed by atoms with E-state index in [1.165, 1.54) is 0 Å². The van der Waals surface area contributed by atoms with Crippen molar-refractivity contribution in [2.75, 3.05) is 0 Å². The molecule has 168 valence electrons. The number of carbonyl (C=O) groups is 2. The highest BCUT2D eigenvalue weighted by molar-refractivity contribution is 6.30. The molecular weight excluding hydrogens is 436 g/mol. The van der Waals surface area contributed by atoms with Crippen molar-refractivity contribution in [3.8, 4) is 0 Å². The Balaban J connectivity index is 1.68. The monoisotopic (exact) mass is 460 g/mol.